The predicted octanol–water partition coefficient (Wildman–Crippen LogP) is 0.636. The van der Waals surface area contributed by atoms with Crippen LogP contribution in [0.15, 0.2) is 18.2 Å². The van der Waals surface area contributed by atoms with Crippen LogP contribution < -0.4 is 16.4 Å². The third-order valence-corrected chi connectivity index (χ3v) is 2.94. The minimum atomic E-state index is -0.575. The molecule has 0 fully saturated rings. The molecule has 0 bridgehead atoms. The van der Waals surface area contributed by atoms with Crippen molar-refractivity contribution in [3.05, 3.63) is 29.3 Å². The zero-order chi connectivity index (χ0) is 14.0. The van der Waals surface area contributed by atoms with E-state index in [1.54, 1.807) is 6.07 Å². The van der Waals surface area contributed by atoms with Crippen LogP contribution in [0.25, 0.3) is 0 Å². The second-order valence-corrected chi connectivity index (χ2v) is 4.43. The van der Waals surface area contributed by atoms with Gasteiger partial charge >= 0.3 is 0 Å². The average Bonchev–Trinajstić information content (AvgIpc) is 2.65. The van der Waals surface area contributed by atoms with Crippen molar-refractivity contribution in [2.75, 3.05) is 5.32 Å². The SMILES string of the molecule is CCC[C@@H](N)C(=O)Nc1ccc2c(c1)C(=O)NC2=O. The van der Waals surface area contributed by atoms with Crippen LogP contribution in [0.3, 0.4) is 0 Å². The summed E-state index contributed by atoms with van der Waals surface area (Å²) < 4.78 is 0. The molecule has 3 amide bonds. The maximum atomic E-state index is 11.7. The first-order valence-corrected chi connectivity index (χ1v) is 6.09. The van der Waals surface area contributed by atoms with Gasteiger partial charge in [0.2, 0.25) is 5.91 Å². The largest absolute Gasteiger partial charge is 0.325 e. The highest BCUT2D eigenvalue weighted by atomic mass is 16.2. The molecule has 1 aromatic carbocycles. The van der Waals surface area contributed by atoms with E-state index in [0.717, 1.165) is 6.42 Å². The molecule has 6 nitrogen and oxygen atoms in total. The van der Waals surface area contributed by atoms with Crippen LogP contribution >= 0.6 is 0 Å². The predicted molar refractivity (Wildman–Crippen MR) is 69.8 cm³/mol. The van der Waals surface area contributed by atoms with Crippen LogP contribution in [0, 0.1) is 0 Å². The molecular weight excluding hydrogens is 246 g/mol. The van der Waals surface area contributed by atoms with Gasteiger partial charge in [0.05, 0.1) is 17.2 Å². The van der Waals surface area contributed by atoms with Gasteiger partial charge < -0.3 is 11.1 Å². The summed E-state index contributed by atoms with van der Waals surface area (Å²) >= 11 is 0. The number of carbonyl (C=O) groups is 3. The van der Waals surface area contributed by atoms with Gasteiger partial charge in [-0.15, -0.1) is 0 Å². The number of carbonyl (C=O) groups excluding carboxylic acids is 3. The zero-order valence-corrected chi connectivity index (χ0v) is 10.5. The molecule has 1 atom stereocenters. The monoisotopic (exact) mass is 261 g/mol. The molecular formula is C13H15N3O3. The molecule has 6 heteroatoms. The van der Waals surface area contributed by atoms with Gasteiger partial charge in [-0.25, -0.2) is 0 Å². The summed E-state index contributed by atoms with van der Waals surface area (Å²) in [6, 6.07) is 3.99. The third-order valence-electron chi connectivity index (χ3n) is 2.94. The van der Waals surface area contributed by atoms with E-state index in [-0.39, 0.29) is 11.5 Å². The normalized spacial score (nSPS) is 14.8. The van der Waals surface area contributed by atoms with E-state index in [2.05, 4.69) is 10.6 Å². The Bertz CT molecular complexity index is 554. The average molecular weight is 261 g/mol. The van der Waals surface area contributed by atoms with Crippen LogP contribution in [0.5, 0.6) is 0 Å². The lowest BCUT2D eigenvalue weighted by atomic mass is 10.1. The minimum absolute atomic E-state index is 0.270. The molecule has 0 radical (unpaired) electrons. The Kier molecular flexibility index (Phi) is 3.62. The number of amides is 3. The van der Waals surface area contributed by atoms with E-state index in [1.165, 1.54) is 12.1 Å². The van der Waals surface area contributed by atoms with E-state index in [9.17, 15) is 14.4 Å². The van der Waals surface area contributed by atoms with E-state index >= 15 is 0 Å². The molecule has 0 aliphatic carbocycles. The van der Waals surface area contributed by atoms with Crippen molar-refractivity contribution in [1.29, 1.82) is 0 Å². The highest BCUT2D eigenvalue weighted by Gasteiger charge is 2.27. The molecule has 1 aliphatic rings. The lowest BCUT2D eigenvalue weighted by Crippen LogP contribution is -2.35. The summed E-state index contributed by atoms with van der Waals surface area (Å²) in [5, 5.41) is 4.83. The first-order valence-electron chi connectivity index (χ1n) is 6.09. The molecule has 1 aliphatic heterocycles. The number of hydrogen-bond donors (Lipinski definition) is 3. The number of nitrogens with one attached hydrogen (secondary N) is 2. The maximum Gasteiger partial charge on any atom is 0.259 e. The lowest BCUT2D eigenvalue weighted by molar-refractivity contribution is -0.117. The quantitative estimate of drug-likeness (QED) is 0.692. The van der Waals surface area contributed by atoms with E-state index < -0.39 is 17.9 Å². The fraction of sp³-hybridized carbons (Fsp3) is 0.308. The number of rotatable bonds is 4. The fourth-order valence-electron chi connectivity index (χ4n) is 1.92. The Morgan fingerprint density at radius 3 is 2.68 bits per heavy atom. The summed E-state index contributed by atoms with van der Waals surface area (Å²) in [5.74, 6) is -1.17. The Balaban J connectivity index is 2.15. The molecule has 4 N–H and O–H groups in total. The fourth-order valence-corrected chi connectivity index (χ4v) is 1.92. The lowest BCUT2D eigenvalue weighted by Gasteiger charge is -2.11. The Morgan fingerprint density at radius 1 is 1.32 bits per heavy atom. The topological polar surface area (TPSA) is 101 Å². The van der Waals surface area contributed by atoms with Crippen LogP contribution in [-0.2, 0) is 4.79 Å². The first-order chi connectivity index (χ1) is 9.02. The first kappa shape index (κ1) is 13.2. The molecule has 0 unspecified atom stereocenters. The highest BCUT2D eigenvalue weighted by molar-refractivity contribution is 6.22. The van der Waals surface area contributed by atoms with Gasteiger partial charge in [-0.1, -0.05) is 13.3 Å². The van der Waals surface area contributed by atoms with Gasteiger partial charge in [0.1, 0.15) is 0 Å². The molecule has 1 aromatic rings. The van der Waals surface area contributed by atoms with Crippen molar-refractivity contribution >= 4 is 23.4 Å². The van der Waals surface area contributed by atoms with Gasteiger partial charge in [-0.3, -0.25) is 19.7 Å². The van der Waals surface area contributed by atoms with Crippen molar-refractivity contribution in [2.45, 2.75) is 25.8 Å². The van der Waals surface area contributed by atoms with Gasteiger partial charge in [-0.2, -0.15) is 0 Å². The van der Waals surface area contributed by atoms with Crippen molar-refractivity contribution in [1.82, 2.24) is 5.32 Å². The second-order valence-electron chi connectivity index (χ2n) is 4.43. The van der Waals surface area contributed by atoms with Crippen LogP contribution in [0.4, 0.5) is 5.69 Å². The molecule has 0 saturated carbocycles. The van der Waals surface area contributed by atoms with Crippen molar-refractivity contribution in [3.63, 3.8) is 0 Å². The van der Waals surface area contributed by atoms with Gasteiger partial charge in [0.15, 0.2) is 0 Å². The summed E-state index contributed by atoms with van der Waals surface area (Å²) in [6.45, 7) is 1.94. The van der Waals surface area contributed by atoms with Gasteiger partial charge in [0, 0.05) is 5.69 Å². The van der Waals surface area contributed by atoms with E-state index in [1.807, 2.05) is 6.92 Å². The minimum Gasteiger partial charge on any atom is -0.325 e. The summed E-state index contributed by atoms with van der Waals surface area (Å²) in [5.41, 5.74) is 6.74. The number of fused-ring (bicyclic) bond motifs is 1. The number of anilines is 1. The number of imide groups is 1. The Morgan fingerprint density at radius 2 is 2.00 bits per heavy atom. The molecule has 100 valence electrons. The summed E-state index contributed by atoms with van der Waals surface area (Å²) in [4.78, 5) is 34.6. The standard InChI is InChI=1S/C13H15N3O3/c1-2-3-10(14)13(19)15-7-4-5-8-9(6-7)12(18)16-11(8)17/h4-6,10H,2-3,14H2,1H3,(H,15,19)(H,16,17,18)/t10-/m1/s1. The molecule has 0 saturated heterocycles. The van der Waals surface area contributed by atoms with Crippen LogP contribution in [0.2, 0.25) is 0 Å². The van der Waals surface area contributed by atoms with Crippen LogP contribution in [-0.4, -0.2) is 23.8 Å². The molecule has 19 heavy (non-hydrogen) atoms. The van der Waals surface area contributed by atoms with Crippen molar-refractivity contribution in [2.24, 2.45) is 5.73 Å². The molecule has 2 rings (SSSR count). The molecule has 0 spiro atoms. The zero-order valence-electron chi connectivity index (χ0n) is 10.5. The molecule has 1 heterocycles. The van der Waals surface area contributed by atoms with Crippen LogP contribution in [0.1, 0.15) is 40.5 Å². The number of hydrogen-bond acceptors (Lipinski definition) is 4. The van der Waals surface area contributed by atoms with E-state index in [0.29, 0.717) is 17.7 Å². The van der Waals surface area contributed by atoms with Crippen molar-refractivity contribution in [3.8, 4) is 0 Å². The molecule has 0 aromatic heterocycles. The Labute approximate surface area is 110 Å². The van der Waals surface area contributed by atoms with Gasteiger partial charge in [-0.05, 0) is 24.6 Å². The Hall–Kier alpha value is -2.21. The van der Waals surface area contributed by atoms with Crippen molar-refractivity contribution < 1.29 is 14.4 Å². The third kappa shape index (κ3) is 2.63. The summed E-state index contributed by atoms with van der Waals surface area (Å²) in [6.07, 6.45) is 1.41. The number of benzene rings is 1. The van der Waals surface area contributed by atoms with E-state index in [4.69, 9.17) is 5.73 Å². The summed E-state index contributed by atoms with van der Waals surface area (Å²) in [7, 11) is 0. The van der Waals surface area contributed by atoms with Gasteiger partial charge in [0.25, 0.3) is 11.8 Å². The second kappa shape index (κ2) is 5.19. The number of nitrogens with two attached hydrogens (primary N) is 1. The maximum absolute atomic E-state index is 11.7. The smallest absolute Gasteiger partial charge is 0.259 e. The highest BCUT2D eigenvalue weighted by Crippen LogP contribution is 2.20.